The van der Waals surface area contributed by atoms with Crippen LogP contribution in [-0.4, -0.2) is 25.1 Å². The van der Waals surface area contributed by atoms with E-state index in [1.54, 1.807) is 11.3 Å². The molecule has 0 amide bonds. The fraction of sp³-hybridized carbons (Fsp3) is 0.769. The predicted molar refractivity (Wildman–Crippen MR) is 76.8 cm³/mol. The van der Waals surface area contributed by atoms with E-state index in [0.717, 1.165) is 30.7 Å². The Morgan fingerprint density at radius 3 is 2.88 bits per heavy atom. The van der Waals surface area contributed by atoms with Gasteiger partial charge in [-0.3, -0.25) is 0 Å². The van der Waals surface area contributed by atoms with Gasteiger partial charge in [0.05, 0.1) is 0 Å². The van der Waals surface area contributed by atoms with Crippen LogP contribution in [0, 0.1) is 5.92 Å². The van der Waals surface area contributed by atoms with Crippen LogP contribution in [0.25, 0.3) is 0 Å². The topological polar surface area (TPSA) is 28.2 Å². The van der Waals surface area contributed by atoms with Crippen LogP contribution in [0.2, 0.25) is 0 Å². The van der Waals surface area contributed by atoms with Crippen LogP contribution in [0.15, 0.2) is 6.20 Å². The average Bonchev–Trinajstić information content (AvgIpc) is 2.78. The molecule has 0 aliphatic heterocycles. The lowest BCUT2D eigenvalue weighted by molar-refractivity contribution is 0.559. The molecule has 98 valence electrons. The number of nitrogens with one attached hydrogen (secondary N) is 1. The van der Waals surface area contributed by atoms with E-state index < -0.39 is 0 Å². The summed E-state index contributed by atoms with van der Waals surface area (Å²) in [5.41, 5.74) is 0. The van der Waals surface area contributed by atoms with Crippen molar-refractivity contribution in [3.8, 4) is 0 Å². The first kappa shape index (κ1) is 14.5. The minimum atomic E-state index is 0.727. The summed E-state index contributed by atoms with van der Waals surface area (Å²) < 4.78 is 0. The molecule has 1 unspecified atom stereocenters. The number of hydrogen-bond acceptors (Lipinski definition) is 4. The number of aromatic nitrogens is 1. The van der Waals surface area contributed by atoms with Crippen LogP contribution < -0.4 is 10.2 Å². The van der Waals surface area contributed by atoms with Gasteiger partial charge >= 0.3 is 0 Å². The third-order valence-corrected chi connectivity index (χ3v) is 3.99. The van der Waals surface area contributed by atoms with Crippen LogP contribution in [0.5, 0.6) is 0 Å². The molecule has 1 N–H and O–H groups in total. The molecular formula is C13H25N3S. The van der Waals surface area contributed by atoms with Crippen LogP contribution in [0.1, 0.15) is 38.5 Å². The quantitative estimate of drug-likeness (QED) is 0.723. The minimum absolute atomic E-state index is 0.727. The Kier molecular flexibility index (Phi) is 6.52. The van der Waals surface area contributed by atoms with Crippen LogP contribution in [0.4, 0.5) is 5.13 Å². The van der Waals surface area contributed by atoms with E-state index in [2.05, 4.69) is 43.0 Å². The molecule has 3 nitrogen and oxygen atoms in total. The van der Waals surface area contributed by atoms with Gasteiger partial charge in [-0.25, -0.2) is 4.98 Å². The fourth-order valence-corrected chi connectivity index (χ4v) is 2.47. The predicted octanol–water partition coefficient (Wildman–Crippen LogP) is 3.13. The second-order valence-corrected chi connectivity index (χ2v) is 5.77. The lowest BCUT2D eigenvalue weighted by Gasteiger charge is -2.19. The van der Waals surface area contributed by atoms with E-state index in [1.165, 1.54) is 17.7 Å². The molecule has 0 saturated heterocycles. The van der Waals surface area contributed by atoms with Gasteiger partial charge in [-0.1, -0.05) is 27.2 Å². The van der Waals surface area contributed by atoms with Crippen LogP contribution in [0.3, 0.4) is 0 Å². The maximum Gasteiger partial charge on any atom is 0.185 e. The Balaban J connectivity index is 2.43. The second-order valence-electron chi connectivity index (χ2n) is 4.68. The molecule has 1 aromatic rings. The zero-order valence-corrected chi connectivity index (χ0v) is 12.3. The highest BCUT2D eigenvalue weighted by Crippen LogP contribution is 2.22. The van der Waals surface area contributed by atoms with Gasteiger partial charge in [-0.15, -0.1) is 11.3 Å². The monoisotopic (exact) mass is 255 g/mol. The Labute approximate surface area is 109 Å². The molecule has 0 spiro atoms. The Bertz CT molecular complexity index is 311. The van der Waals surface area contributed by atoms with Gasteiger partial charge in [-0.05, 0) is 18.9 Å². The molecule has 1 atom stereocenters. The Morgan fingerprint density at radius 2 is 2.24 bits per heavy atom. The second kappa shape index (κ2) is 7.67. The molecule has 17 heavy (non-hydrogen) atoms. The third-order valence-electron chi connectivity index (χ3n) is 2.88. The van der Waals surface area contributed by atoms with Gasteiger partial charge in [0.2, 0.25) is 0 Å². The first-order valence-corrected chi connectivity index (χ1v) is 7.35. The number of rotatable bonds is 8. The first-order chi connectivity index (χ1) is 8.17. The SMILES string of the molecule is CCCNCc1cnc(N(C)CC(C)CC)s1. The Morgan fingerprint density at radius 1 is 1.47 bits per heavy atom. The number of thiazole rings is 1. The summed E-state index contributed by atoms with van der Waals surface area (Å²) >= 11 is 1.80. The molecule has 0 fully saturated rings. The molecular weight excluding hydrogens is 230 g/mol. The van der Waals surface area contributed by atoms with Crippen molar-refractivity contribution in [3.63, 3.8) is 0 Å². The standard InChI is InChI=1S/C13H25N3S/c1-5-7-14-8-12-9-15-13(17-12)16(4)10-11(3)6-2/h9,11,14H,5-8,10H2,1-4H3. The first-order valence-electron chi connectivity index (χ1n) is 6.53. The van der Waals surface area contributed by atoms with Crippen molar-refractivity contribution < 1.29 is 0 Å². The van der Waals surface area contributed by atoms with Crippen molar-refractivity contribution in [2.24, 2.45) is 5.92 Å². The van der Waals surface area contributed by atoms with Crippen LogP contribution in [-0.2, 0) is 6.54 Å². The van der Waals surface area contributed by atoms with Gasteiger partial charge in [-0.2, -0.15) is 0 Å². The van der Waals surface area contributed by atoms with E-state index in [0.29, 0.717) is 0 Å². The van der Waals surface area contributed by atoms with E-state index in [4.69, 9.17) is 0 Å². The van der Waals surface area contributed by atoms with Crippen molar-refractivity contribution in [2.75, 3.05) is 25.0 Å². The maximum absolute atomic E-state index is 4.49. The molecule has 1 aromatic heterocycles. The van der Waals surface area contributed by atoms with Gasteiger partial charge < -0.3 is 10.2 Å². The number of hydrogen-bond donors (Lipinski definition) is 1. The zero-order valence-electron chi connectivity index (χ0n) is 11.5. The maximum atomic E-state index is 4.49. The number of nitrogens with zero attached hydrogens (tertiary/aromatic N) is 2. The fourth-order valence-electron chi connectivity index (χ4n) is 1.62. The third kappa shape index (κ3) is 5.04. The Hall–Kier alpha value is -0.610. The van der Waals surface area contributed by atoms with Crippen molar-refractivity contribution in [2.45, 2.75) is 40.2 Å². The summed E-state index contributed by atoms with van der Waals surface area (Å²) in [6.45, 7) is 9.82. The summed E-state index contributed by atoms with van der Waals surface area (Å²) in [4.78, 5) is 8.08. The van der Waals surface area contributed by atoms with E-state index in [-0.39, 0.29) is 0 Å². The average molecular weight is 255 g/mol. The smallest absolute Gasteiger partial charge is 0.185 e. The van der Waals surface area contributed by atoms with Gasteiger partial charge in [0.15, 0.2) is 5.13 Å². The lowest BCUT2D eigenvalue weighted by Crippen LogP contribution is -2.23. The lowest BCUT2D eigenvalue weighted by atomic mass is 10.1. The molecule has 0 aliphatic carbocycles. The largest absolute Gasteiger partial charge is 0.351 e. The highest BCUT2D eigenvalue weighted by atomic mass is 32.1. The van der Waals surface area contributed by atoms with Crippen molar-refractivity contribution in [1.29, 1.82) is 0 Å². The van der Waals surface area contributed by atoms with E-state index >= 15 is 0 Å². The summed E-state index contributed by atoms with van der Waals surface area (Å²) in [7, 11) is 2.13. The zero-order chi connectivity index (χ0) is 12.7. The van der Waals surface area contributed by atoms with Gasteiger partial charge in [0.25, 0.3) is 0 Å². The molecule has 4 heteroatoms. The van der Waals surface area contributed by atoms with Gasteiger partial charge in [0, 0.05) is 31.2 Å². The minimum Gasteiger partial charge on any atom is -0.351 e. The molecule has 0 bridgehead atoms. The molecule has 1 heterocycles. The molecule has 1 rings (SSSR count). The number of anilines is 1. The summed E-state index contributed by atoms with van der Waals surface area (Å²) in [5, 5.41) is 4.55. The summed E-state index contributed by atoms with van der Waals surface area (Å²) in [6, 6.07) is 0. The van der Waals surface area contributed by atoms with Crippen molar-refractivity contribution in [3.05, 3.63) is 11.1 Å². The van der Waals surface area contributed by atoms with Crippen LogP contribution >= 0.6 is 11.3 Å². The van der Waals surface area contributed by atoms with Gasteiger partial charge in [0.1, 0.15) is 0 Å². The van der Waals surface area contributed by atoms with Crippen molar-refractivity contribution >= 4 is 16.5 Å². The highest BCUT2D eigenvalue weighted by Gasteiger charge is 2.09. The normalized spacial score (nSPS) is 12.7. The molecule has 0 aliphatic rings. The van der Waals surface area contributed by atoms with E-state index in [1.807, 2.05) is 6.20 Å². The summed E-state index contributed by atoms with van der Waals surface area (Å²) in [5.74, 6) is 0.727. The molecule has 0 saturated carbocycles. The molecule has 0 radical (unpaired) electrons. The van der Waals surface area contributed by atoms with E-state index in [9.17, 15) is 0 Å². The molecule has 0 aromatic carbocycles. The summed E-state index contributed by atoms with van der Waals surface area (Å²) in [6.07, 6.45) is 4.40. The van der Waals surface area contributed by atoms with Crippen molar-refractivity contribution in [1.82, 2.24) is 10.3 Å². The highest BCUT2D eigenvalue weighted by molar-refractivity contribution is 7.15.